The maximum atomic E-state index is 11.9. The molecule has 0 saturated heterocycles. The van der Waals surface area contributed by atoms with E-state index in [-0.39, 0.29) is 11.8 Å². The number of nitrogens with one attached hydrogen (secondary N) is 2. The van der Waals surface area contributed by atoms with Gasteiger partial charge in [-0.1, -0.05) is 30.3 Å². The van der Waals surface area contributed by atoms with Gasteiger partial charge in [-0.2, -0.15) is 0 Å². The molecule has 0 heterocycles. The van der Waals surface area contributed by atoms with E-state index in [9.17, 15) is 14.4 Å². The summed E-state index contributed by atoms with van der Waals surface area (Å²) in [4.78, 5) is 35.0. The lowest BCUT2D eigenvalue weighted by Crippen LogP contribution is -2.36. The number of amides is 2. The van der Waals surface area contributed by atoms with Gasteiger partial charge in [0.05, 0.1) is 6.04 Å². The number of benzene rings is 2. The van der Waals surface area contributed by atoms with E-state index >= 15 is 0 Å². The predicted octanol–water partition coefficient (Wildman–Crippen LogP) is 2.71. The Morgan fingerprint density at radius 1 is 0.870 bits per heavy atom. The molecule has 0 saturated carbocycles. The first-order chi connectivity index (χ1) is 11.0. The van der Waals surface area contributed by atoms with Gasteiger partial charge in [-0.25, -0.2) is 0 Å². The fourth-order valence-corrected chi connectivity index (χ4v) is 2.06. The summed E-state index contributed by atoms with van der Waals surface area (Å²) in [5.41, 5.74) is 1.92. The van der Waals surface area contributed by atoms with E-state index in [2.05, 4.69) is 10.6 Å². The zero-order valence-corrected chi connectivity index (χ0v) is 13.0. The molecule has 2 aromatic rings. The number of anilines is 1. The highest BCUT2D eigenvalue weighted by molar-refractivity contribution is 6.39. The smallest absolute Gasteiger partial charge is 0.313 e. The predicted molar refractivity (Wildman–Crippen MR) is 88.1 cm³/mol. The second-order valence-corrected chi connectivity index (χ2v) is 5.19. The fraction of sp³-hybridized carbons (Fsp3) is 0.167. The summed E-state index contributed by atoms with van der Waals surface area (Å²) in [6, 6.07) is 15.5. The summed E-state index contributed by atoms with van der Waals surface area (Å²) >= 11 is 0. The lowest BCUT2D eigenvalue weighted by atomic mass is 10.1. The van der Waals surface area contributed by atoms with Crippen molar-refractivity contribution in [2.75, 3.05) is 5.32 Å². The van der Waals surface area contributed by atoms with Crippen molar-refractivity contribution in [1.82, 2.24) is 5.32 Å². The Morgan fingerprint density at radius 3 is 2.04 bits per heavy atom. The van der Waals surface area contributed by atoms with Crippen molar-refractivity contribution < 1.29 is 14.4 Å². The van der Waals surface area contributed by atoms with E-state index in [1.54, 1.807) is 24.3 Å². The van der Waals surface area contributed by atoms with Crippen LogP contribution < -0.4 is 10.6 Å². The summed E-state index contributed by atoms with van der Waals surface area (Å²) < 4.78 is 0. The van der Waals surface area contributed by atoms with Crippen molar-refractivity contribution in [3.63, 3.8) is 0 Å². The van der Waals surface area contributed by atoms with Crippen molar-refractivity contribution in [2.45, 2.75) is 19.9 Å². The quantitative estimate of drug-likeness (QED) is 0.673. The standard InChI is InChI=1S/C18H18N2O3/c1-12(14-6-4-3-5-7-14)19-17(22)18(23)20-16-10-8-15(9-11-16)13(2)21/h3-12H,1-2H3,(H,19,22)(H,20,23). The molecule has 2 rings (SSSR count). The van der Waals surface area contributed by atoms with Gasteiger partial charge in [-0.15, -0.1) is 0 Å². The largest absolute Gasteiger partial charge is 0.341 e. The first-order valence-electron chi connectivity index (χ1n) is 7.25. The van der Waals surface area contributed by atoms with Crippen LogP contribution in [0.2, 0.25) is 0 Å². The Labute approximate surface area is 134 Å². The molecule has 0 spiro atoms. The van der Waals surface area contributed by atoms with Gasteiger partial charge in [0.25, 0.3) is 0 Å². The van der Waals surface area contributed by atoms with Crippen LogP contribution in [0, 0.1) is 0 Å². The summed E-state index contributed by atoms with van der Waals surface area (Å²) in [7, 11) is 0. The molecular formula is C18H18N2O3. The van der Waals surface area contributed by atoms with Crippen molar-refractivity contribution in [2.24, 2.45) is 0 Å². The highest BCUT2D eigenvalue weighted by atomic mass is 16.2. The van der Waals surface area contributed by atoms with Crippen LogP contribution in [0.5, 0.6) is 0 Å². The van der Waals surface area contributed by atoms with E-state index in [1.165, 1.54) is 6.92 Å². The normalized spacial score (nSPS) is 11.4. The van der Waals surface area contributed by atoms with Crippen LogP contribution in [0.25, 0.3) is 0 Å². The third kappa shape index (κ3) is 4.51. The van der Waals surface area contributed by atoms with Crippen LogP contribution in [-0.4, -0.2) is 17.6 Å². The van der Waals surface area contributed by atoms with Gasteiger partial charge in [0.15, 0.2) is 5.78 Å². The van der Waals surface area contributed by atoms with Crippen molar-refractivity contribution in [3.05, 3.63) is 65.7 Å². The van der Waals surface area contributed by atoms with Crippen LogP contribution in [0.4, 0.5) is 5.69 Å². The lowest BCUT2D eigenvalue weighted by molar-refractivity contribution is -0.136. The van der Waals surface area contributed by atoms with E-state index in [1.807, 2.05) is 37.3 Å². The Balaban J connectivity index is 1.94. The molecule has 0 aliphatic carbocycles. The first kappa shape index (κ1) is 16.4. The molecule has 2 N–H and O–H groups in total. The molecule has 2 aromatic carbocycles. The molecule has 118 valence electrons. The topological polar surface area (TPSA) is 75.3 Å². The first-order valence-corrected chi connectivity index (χ1v) is 7.25. The number of carbonyl (C=O) groups is 3. The van der Waals surface area contributed by atoms with Gasteiger partial charge >= 0.3 is 11.8 Å². The summed E-state index contributed by atoms with van der Waals surface area (Å²) in [5, 5.41) is 5.14. The summed E-state index contributed by atoms with van der Waals surface area (Å²) in [6.45, 7) is 3.27. The Kier molecular flexibility index (Phi) is 5.25. The molecule has 0 radical (unpaired) electrons. The Bertz CT molecular complexity index is 709. The minimum atomic E-state index is -0.747. The van der Waals surface area contributed by atoms with E-state index < -0.39 is 11.8 Å². The number of hydrogen-bond donors (Lipinski definition) is 2. The van der Waals surface area contributed by atoms with Gasteiger partial charge in [0.1, 0.15) is 0 Å². The highest BCUT2D eigenvalue weighted by Crippen LogP contribution is 2.12. The third-order valence-electron chi connectivity index (χ3n) is 3.40. The maximum absolute atomic E-state index is 11.9. The van der Waals surface area contributed by atoms with Crippen LogP contribution in [0.15, 0.2) is 54.6 Å². The summed E-state index contributed by atoms with van der Waals surface area (Å²) in [5.74, 6) is -1.52. The molecule has 1 unspecified atom stereocenters. The van der Waals surface area contributed by atoms with Gasteiger partial charge < -0.3 is 10.6 Å². The minimum absolute atomic E-state index is 0.0581. The zero-order chi connectivity index (χ0) is 16.8. The molecule has 5 nitrogen and oxygen atoms in total. The van der Waals surface area contributed by atoms with Crippen molar-refractivity contribution >= 4 is 23.3 Å². The second-order valence-electron chi connectivity index (χ2n) is 5.19. The Morgan fingerprint density at radius 2 is 1.48 bits per heavy atom. The highest BCUT2D eigenvalue weighted by Gasteiger charge is 2.17. The number of rotatable bonds is 4. The average molecular weight is 310 g/mol. The molecule has 0 aliphatic rings. The fourth-order valence-electron chi connectivity index (χ4n) is 2.06. The number of carbonyl (C=O) groups excluding carboxylic acids is 3. The number of hydrogen-bond acceptors (Lipinski definition) is 3. The third-order valence-corrected chi connectivity index (χ3v) is 3.40. The number of Topliss-reactive ketones (excluding diaryl/α,β-unsaturated/α-hetero) is 1. The average Bonchev–Trinajstić information content (AvgIpc) is 2.56. The molecule has 1 atom stereocenters. The van der Waals surface area contributed by atoms with Gasteiger partial charge in [-0.05, 0) is 43.7 Å². The van der Waals surface area contributed by atoms with Crippen LogP contribution in [0.1, 0.15) is 35.8 Å². The van der Waals surface area contributed by atoms with Crippen LogP contribution in [-0.2, 0) is 9.59 Å². The molecule has 0 aliphatic heterocycles. The number of ketones is 1. The van der Waals surface area contributed by atoms with E-state index in [0.29, 0.717) is 11.3 Å². The molecule has 23 heavy (non-hydrogen) atoms. The van der Waals surface area contributed by atoms with Crippen LogP contribution in [0.3, 0.4) is 0 Å². The molecule has 5 heteroatoms. The van der Waals surface area contributed by atoms with Gasteiger partial charge in [0.2, 0.25) is 0 Å². The second kappa shape index (κ2) is 7.35. The molecular weight excluding hydrogens is 292 g/mol. The monoisotopic (exact) mass is 310 g/mol. The van der Waals surface area contributed by atoms with Crippen molar-refractivity contribution in [1.29, 1.82) is 0 Å². The maximum Gasteiger partial charge on any atom is 0.313 e. The SMILES string of the molecule is CC(=O)c1ccc(NC(=O)C(=O)NC(C)c2ccccc2)cc1. The minimum Gasteiger partial charge on any atom is -0.341 e. The Hall–Kier alpha value is -2.95. The van der Waals surface area contributed by atoms with E-state index in [0.717, 1.165) is 5.56 Å². The molecule has 2 amide bonds. The van der Waals surface area contributed by atoms with Gasteiger partial charge in [0, 0.05) is 11.3 Å². The van der Waals surface area contributed by atoms with Crippen molar-refractivity contribution in [3.8, 4) is 0 Å². The van der Waals surface area contributed by atoms with Crippen LogP contribution >= 0.6 is 0 Å². The van der Waals surface area contributed by atoms with E-state index in [4.69, 9.17) is 0 Å². The summed E-state index contributed by atoms with van der Waals surface area (Å²) in [6.07, 6.45) is 0. The molecule has 0 fully saturated rings. The zero-order valence-electron chi connectivity index (χ0n) is 13.0. The lowest BCUT2D eigenvalue weighted by Gasteiger charge is -2.14. The van der Waals surface area contributed by atoms with Gasteiger partial charge in [-0.3, -0.25) is 14.4 Å². The molecule has 0 bridgehead atoms. The molecule has 0 aromatic heterocycles.